The van der Waals surface area contributed by atoms with Gasteiger partial charge in [0, 0.05) is 48.5 Å². The van der Waals surface area contributed by atoms with Gasteiger partial charge < -0.3 is 5.11 Å². The Balaban J connectivity index is 1.35. The summed E-state index contributed by atoms with van der Waals surface area (Å²) in [6, 6.07) is 15.5. The van der Waals surface area contributed by atoms with Crippen molar-refractivity contribution in [3.8, 4) is 11.1 Å². The second kappa shape index (κ2) is 9.75. The van der Waals surface area contributed by atoms with E-state index in [4.69, 9.17) is 0 Å². The Morgan fingerprint density at radius 2 is 1.76 bits per heavy atom. The van der Waals surface area contributed by atoms with Crippen LogP contribution in [0.1, 0.15) is 34.5 Å². The smallest absolute Gasteiger partial charge is 0.168 e. The molecule has 1 N–H and O–H groups in total. The maximum Gasteiger partial charge on any atom is 0.168 e. The molecule has 7 heteroatoms. The zero-order valence-electron chi connectivity index (χ0n) is 18.7. The van der Waals surface area contributed by atoms with Crippen LogP contribution in [0.4, 0.5) is 4.39 Å². The number of ketones is 1. The minimum absolute atomic E-state index is 0.0976. The molecule has 34 heavy (non-hydrogen) atoms. The topological polar surface area (TPSA) is 79.2 Å². The zero-order valence-corrected chi connectivity index (χ0v) is 18.7. The van der Waals surface area contributed by atoms with E-state index in [0.717, 1.165) is 60.1 Å². The highest BCUT2D eigenvalue weighted by Crippen LogP contribution is 2.25. The number of piperidine rings is 1. The average Bonchev–Trinajstić information content (AvgIpc) is 2.85. The summed E-state index contributed by atoms with van der Waals surface area (Å²) in [5.74, 6) is -0.505. The van der Waals surface area contributed by atoms with Crippen molar-refractivity contribution in [2.24, 2.45) is 0 Å². The Kier molecular flexibility index (Phi) is 6.38. The number of aliphatic hydroxyl groups is 1. The Morgan fingerprint density at radius 1 is 0.971 bits per heavy atom. The van der Waals surface area contributed by atoms with Crippen LogP contribution in [0, 0.1) is 5.82 Å². The van der Waals surface area contributed by atoms with Crippen LogP contribution in [0.15, 0.2) is 67.0 Å². The summed E-state index contributed by atoms with van der Waals surface area (Å²) in [4.78, 5) is 19.3. The van der Waals surface area contributed by atoms with Crippen LogP contribution in [0.2, 0.25) is 0 Å². The lowest BCUT2D eigenvalue weighted by Gasteiger charge is -2.29. The summed E-state index contributed by atoms with van der Waals surface area (Å²) >= 11 is 0. The highest BCUT2D eigenvalue weighted by atomic mass is 19.1. The molecule has 5 rings (SSSR count). The molecule has 4 aromatic rings. The van der Waals surface area contributed by atoms with Crippen LogP contribution in [-0.2, 0) is 13.0 Å². The van der Waals surface area contributed by atoms with Crippen molar-refractivity contribution in [2.75, 3.05) is 13.1 Å². The fourth-order valence-electron chi connectivity index (χ4n) is 4.32. The molecule has 0 atom stereocenters. The van der Waals surface area contributed by atoms with Crippen molar-refractivity contribution < 1.29 is 14.3 Å². The van der Waals surface area contributed by atoms with E-state index in [9.17, 15) is 14.3 Å². The molecule has 1 fully saturated rings. The van der Waals surface area contributed by atoms with Gasteiger partial charge in [0.15, 0.2) is 5.78 Å². The van der Waals surface area contributed by atoms with E-state index in [1.54, 1.807) is 0 Å². The number of rotatable bonds is 6. The van der Waals surface area contributed by atoms with Crippen molar-refractivity contribution >= 4 is 16.7 Å². The number of aromatic nitrogens is 3. The molecule has 0 unspecified atom stereocenters. The number of nitrogens with zero attached hydrogens (tertiary/aromatic N) is 4. The Hall–Kier alpha value is -3.55. The second-order valence-electron chi connectivity index (χ2n) is 8.81. The molecule has 6 nitrogen and oxygen atoms in total. The first-order valence-corrected chi connectivity index (χ1v) is 11.4. The third-order valence-electron chi connectivity index (χ3n) is 6.24. The van der Waals surface area contributed by atoms with Crippen molar-refractivity contribution in [2.45, 2.75) is 31.9 Å². The molecule has 0 saturated carbocycles. The van der Waals surface area contributed by atoms with E-state index in [2.05, 4.69) is 26.1 Å². The Labute approximate surface area is 197 Å². The predicted octanol–water partition coefficient (Wildman–Crippen LogP) is 4.21. The second-order valence-corrected chi connectivity index (χ2v) is 8.81. The summed E-state index contributed by atoms with van der Waals surface area (Å²) in [7, 11) is 0. The maximum atomic E-state index is 13.1. The molecule has 0 radical (unpaired) electrons. The van der Waals surface area contributed by atoms with Gasteiger partial charge in [0.1, 0.15) is 5.82 Å². The van der Waals surface area contributed by atoms with Gasteiger partial charge in [-0.15, -0.1) is 0 Å². The minimum atomic E-state index is -0.372. The van der Waals surface area contributed by atoms with E-state index < -0.39 is 0 Å². The number of halogens is 1. The standard InChI is InChI=1S/C27H25FN4O2/c28-23-4-1-19(2-5-23)27(34)14-24-13-21-12-20(3-6-26(21)31-30-24)22-11-18(15-29-16-22)17-32-9-7-25(33)8-10-32/h1-6,11-13,15-16,25,33H,7-10,14,17H2. The van der Waals surface area contributed by atoms with E-state index in [1.165, 1.54) is 24.3 Å². The molecule has 1 saturated heterocycles. The van der Waals surface area contributed by atoms with E-state index >= 15 is 0 Å². The van der Waals surface area contributed by atoms with Crippen molar-refractivity contribution in [3.63, 3.8) is 0 Å². The molecule has 0 bridgehead atoms. The van der Waals surface area contributed by atoms with Crippen molar-refractivity contribution in [1.82, 2.24) is 20.1 Å². The molecule has 2 aromatic carbocycles. The number of pyridine rings is 1. The SMILES string of the molecule is O=C(Cc1cc2cc(-c3cncc(CN4CCC(O)CC4)c3)ccc2nn1)c1ccc(F)cc1. The average molecular weight is 457 g/mol. The monoisotopic (exact) mass is 456 g/mol. The first-order chi connectivity index (χ1) is 16.5. The van der Waals surface area contributed by atoms with Crippen LogP contribution < -0.4 is 0 Å². The summed E-state index contributed by atoms with van der Waals surface area (Å²) < 4.78 is 13.1. The summed E-state index contributed by atoms with van der Waals surface area (Å²) in [6.07, 6.45) is 5.27. The summed E-state index contributed by atoms with van der Waals surface area (Å²) in [5, 5.41) is 19.1. The number of aliphatic hydroxyl groups excluding tert-OH is 1. The van der Waals surface area contributed by atoms with Gasteiger partial charge in [-0.1, -0.05) is 6.07 Å². The number of Topliss-reactive ketones (excluding diaryl/α,β-unsaturated/α-hetero) is 1. The lowest BCUT2D eigenvalue weighted by Crippen LogP contribution is -2.35. The van der Waals surface area contributed by atoms with E-state index in [-0.39, 0.29) is 24.1 Å². The first-order valence-electron chi connectivity index (χ1n) is 11.4. The molecular formula is C27H25FN4O2. The van der Waals surface area contributed by atoms with Crippen LogP contribution in [0.3, 0.4) is 0 Å². The third-order valence-corrected chi connectivity index (χ3v) is 6.24. The van der Waals surface area contributed by atoms with Gasteiger partial charge in [0.25, 0.3) is 0 Å². The van der Waals surface area contributed by atoms with Gasteiger partial charge >= 0.3 is 0 Å². The highest BCUT2D eigenvalue weighted by Gasteiger charge is 2.17. The largest absolute Gasteiger partial charge is 0.393 e. The Morgan fingerprint density at radius 3 is 2.56 bits per heavy atom. The Bertz CT molecular complexity index is 1320. The number of hydrogen-bond acceptors (Lipinski definition) is 6. The van der Waals surface area contributed by atoms with Gasteiger partial charge in [-0.05, 0) is 72.5 Å². The quantitative estimate of drug-likeness (QED) is 0.438. The number of carbonyl (C=O) groups excluding carboxylic acids is 1. The first kappa shape index (κ1) is 22.3. The van der Waals surface area contributed by atoms with Gasteiger partial charge in [0.2, 0.25) is 0 Å². The molecular weight excluding hydrogens is 431 g/mol. The third kappa shape index (κ3) is 5.16. The van der Waals surface area contributed by atoms with Crippen LogP contribution in [0.25, 0.3) is 22.0 Å². The molecule has 0 amide bonds. The molecule has 0 spiro atoms. The van der Waals surface area contributed by atoms with Crippen LogP contribution in [-0.4, -0.2) is 50.2 Å². The van der Waals surface area contributed by atoms with E-state index in [1.807, 2.05) is 36.7 Å². The molecule has 0 aliphatic carbocycles. The van der Waals surface area contributed by atoms with Gasteiger partial charge in [0.05, 0.1) is 23.7 Å². The fraction of sp³-hybridized carbons (Fsp3) is 0.259. The van der Waals surface area contributed by atoms with Gasteiger partial charge in [-0.3, -0.25) is 14.7 Å². The fourth-order valence-corrected chi connectivity index (χ4v) is 4.32. The highest BCUT2D eigenvalue weighted by molar-refractivity contribution is 5.97. The number of likely N-dealkylation sites (tertiary alicyclic amines) is 1. The maximum absolute atomic E-state index is 13.1. The normalized spacial score (nSPS) is 15.0. The zero-order chi connectivity index (χ0) is 23.5. The van der Waals surface area contributed by atoms with Crippen LogP contribution in [0.5, 0.6) is 0 Å². The van der Waals surface area contributed by atoms with Crippen molar-refractivity contribution in [1.29, 1.82) is 0 Å². The molecule has 2 aromatic heterocycles. The van der Waals surface area contributed by atoms with Crippen molar-refractivity contribution in [3.05, 3.63) is 89.6 Å². The number of benzene rings is 2. The number of carbonyl (C=O) groups is 1. The molecule has 1 aliphatic rings. The van der Waals surface area contributed by atoms with Gasteiger partial charge in [-0.25, -0.2) is 4.39 Å². The summed E-state index contributed by atoms with van der Waals surface area (Å²) in [5.41, 5.74) is 4.92. The number of hydrogen-bond donors (Lipinski definition) is 1. The van der Waals surface area contributed by atoms with E-state index in [0.29, 0.717) is 11.3 Å². The lowest BCUT2D eigenvalue weighted by molar-refractivity contribution is 0.0792. The number of fused-ring (bicyclic) bond motifs is 1. The lowest BCUT2D eigenvalue weighted by atomic mass is 10.0. The minimum Gasteiger partial charge on any atom is -0.393 e. The molecule has 1 aliphatic heterocycles. The van der Waals surface area contributed by atoms with Crippen LogP contribution >= 0.6 is 0 Å². The molecule has 3 heterocycles. The summed E-state index contributed by atoms with van der Waals surface area (Å²) in [6.45, 7) is 2.58. The van der Waals surface area contributed by atoms with Gasteiger partial charge in [-0.2, -0.15) is 10.2 Å². The predicted molar refractivity (Wildman–Crippen MR) is 128 cm³/mol. The molecule has 172 valence electrons.